The highest BCUT2D eigenvalue weighted by molar-refractivity contribution is 6.76. The van der Waals surface area contributed by atoms with E-state index in [1.807, 2.05) is 0 Å². The lowest BCUT2D eigenvalue weighted by Gasteiger charge is -2.21. The lowest BCUT2D eigenvalue weighted by Crippen LogP contribution is -2.28. The van der Waals surface area contributed by atoms with Gasteiger partial charge in [0.15, 0.2) is 11.5 Å². The van der Waals surface area contributed by atoms with Crippen molar-refractivity contribution in [3.05, 3.63) is 83.4 Å². The number of fused-ring (bicyclic) bond motifs is 1. The van der Waals surface area contributed by atoms with E-state index in [1.165, 1.54) is 33.9 Å². The summed E-state index contributed by atoms with van der Waals surface area (Å²) in [5.74, 6) is -0.532. The molecular weight excluding hydrogens is 596 g/mol. The third-order valence-corrected chi connectivity index (χ3v) is 9.07. The molecule has 0 aliphatic carbocycles. The van der Waals surface area contributed by atoms with Gasteiger partial charge in [0.25, 0.3) is 0 Å². The quantitative estimate of drug-likeness (QED) is 0.135. The minimum atomic E-state index is -1.20. The summed E-state index contributed by atoms with van der Waals surface area (Å²) in [4.78, 5) is 23.0. The molecule has 0 radical (unpaired) electrons. The standard InChI is InChI=1S/C29H28ClF2N7O3Si/c1-43(2,3)11-10-41-17-37-16-33-27(36-37)20-6-4-18(13-24(20)32)21-14-34-38-9-8-26(35-28(21)38)39-25(15-42-29(39)40)19-5-7-23(31)22(30)12-19/h4-9,12-14,16,25H,10-11,15,17H2,1-3H3. The molecule has 1 aliphatic heterocycles. The van der Waals surface area contributed by atoms with Gasteiger partial charge < -0.3 is 9.47 Å². The Morgan fingerprint density at radius 2 is 1.93 bits per heavy atom. The van der Waals surface area contributed by atoms with Crippen LogP contribution in [0.2, 0.25) is 30.7 Å². The number of cyclic esters (lactones) is 1. The van der Waals surface area contributed by atoms with Crippen molar-refractivity contribution >= 4 is 37.2 Å². The van der Waals surface area contributed by atoms with Crippen molar-refractivity contribution in [1.82, 2.24) is 29.4 Å². The average Bonchev–Trinajstić information content (AvgIpc) is 3.70. The molecule has 0 bridgehead atoms. The van der Waals surface area contributed by atoms with Gasteiger partial charge in [-0.15, -0.1) is 5.10 Å². The molecule has 2 aromatic carbocycles. The second-order valence-electron chi connectivity index (χ2n) is 11.4. The Bertz CT molecular complexity index is 1820. The highest BCUT2D eigenvalue weighted by Crippen LogP contribution is 2.35. The van der Waals surface area contributed by atoms with Gasteiger partial charge in [0.05, 0.1) is 16.8 Å². The third-order valence-electron chi connectivity index (χ3n) is 7.08. The maximum absolute atomic E-state index is 15.4. The van der Waals surface area contributed by atoms with Gasteiger partial charge in [0.1, 0.15) is 43.2 Å². The van der Waals surface area contributed by atoms with E-state index in [4.69, 9.17) is 21.1 Å². The fraction of sp³-hybridized carbons (Fsp3) is 0.276. The zero-order valence-electron chi connectivity index (χ0n) is 23.7. The molecule has 1 saturated heterocycles. The molecule has 0 N–H and O–H groups in total. The van der Waals surface area contributed by atoms with Gasteiger partial charge in [-0.05, 0) is 47.5 Å². The first-order valence-electron chi connectivity index (χ1n) is 13.6. The Labute approximate surface area is 251 Å². The molecule has 0 spiro atoms. The van der Waals surface area contributed by atoms with E-state index in [1.54, 1.807) is 41.3 Å². The molecule has 5 aromatic rings. The van der Waals surface area contributed by atoms with E-state index in [0.29, 0.717) is 34.8 Å². The number of hydrogen-bond acceptors (Lipinski definition) is 7. The van der Waals surface area contributed by atoms with Crippen molar-refractivity contribution in [1.29, 1.82) is 0 Å². The van der Waals surface area contributed by atoms with Crippen molar-refractivity contribution in [2.45, 2.75) is 38.5 Å². The fourth-order valence-electron chi connectivity index (χ4n) is 4.72. The number of nitrogens with zero attached hydrogens (tertiary/aromatic N) is 7. The molecule has 10 nitrogen and oxygen atoms in total. The normalized spacial score (nSPS) is 15.4. The van der Waals surface area contributed by atoms with Crippen molar-refractivity contribution in [3.8, 4) is 22.5 Å². The van der Waals surface area contributed by atoms with E-state index in [0.717, 1.165) is 6.04 Å². The topological polar surface area (TPSA) is 99.7 Å². The molecule has 0 saturated carbocycles. The number of aromatic nitrogens is 6. The molecule has 222 valence electrons. The smallest absolute Gasteiger partial charge is 0.416 e. The molecule has 1 aliphatic rings. The Morgan fingerprint density at radius 1 is 1.09 bits per heavy atom. The average molecular weight is 624 g/mol. The summed E-state index contributed by atoms with van der Waals surface area (Å²) in [6, 6.07) is 11.1. The highest BCUT2D eigenvalue weighted by atomic mass is 35.5. The van der Waals surface area contributed by atoms with Crippen LogP contribution in [0, 0.1) is 11.6 Å². The Balaban J connectivity index is 1.25. The summed E-state index contributed by atoms with van der Waals surface area (Å²) >= 11 is 5.99. The lowest BCUT2D eigenvalue weighted by molar-refractivity contribution is 0.0784. The summed E-state index contributed by atoms with van der Waals surface area (Å²) in [6.45, 7) is 7.77. The van der Waals surface area contributed by atoms with Crippen molar-refractivity contribution in [3.63, 3.8) is 0 Å². The Kier molecular flexibility index (Phi) is 7.71. The second kappa shape index (κ2) is 11.5. The van der Waals surface area contributed by atoms with Gasteiger partial charge >= 0.3 is 6.09 Å². The summed E-state index contributed by atoms with van der Waals surface area (Å²) in [5, 5.41) is 8.65. The van der Waals surface area contributed by atoms with Crippen LogP contribution < -0.4 is 4.90 Å². The molecule has 6 rings (SSSR count). The first kappa shape index (κ1) is 28.9. The SMILES string of the molecule is C[Si](C)(C)CCOCn1cnc(-c2ccc(-c3cnn4ccc(N5C(=O)OCC5c5ccc(F)c(Cl)c5)nc34)cc2F)n1. The van der Waals surface area contributed by atoms with Gasteiger partial charge in [-0.3, -0.25) is 4.90 Å². The van der Waals surface area contributed by atoms with Crippen molar-refractivity contribution < 1.29 is 23.0 Å². The summed E-state index contributed by atoms with van der Waals surface area (Å²) < 4.78 is 43.2. The van der Waals surface area contributed by atoms with Crippen LogP contribution in [0.3, 0.4) is 0 Å². The minimum absolute atomic E-state index is 0.0425. The van der Waals surface area contributed by atoms with E-state index in [9.17, 15) is 9.18 Å². The van der Waals surface area contributed by atoms with Gasteiger partial charge in [-0.25, -0.2) is 32.7 Å². The number of amides is 1. The minimum Gasteiger partial charge on any atom is -0.447 e. The first-order chi connectivity index (χ1) is 20.6. The number of benzene rings is 2. The molecular formula is C29H28ClF2N7O3Si. The maximum Gasteiger partial charge on any atom is 0.416 e. The molecule has 43 heavy (non-hydrogen) atoms. The molecule has 4 heterocycles. The predicted octanol–water partition coefficient (Wildman–Crippen LogP) is 6.60. The van der Waals surface area contributed by atoms with E-state index < -0.39 is 31.8 Å². The van der Waals surface area contributed by atoms with E-state index >= 15 is 4.39 Å². The van der Waals surface area contributed by atoms with Crippen LogP contribution in [0.5, 0.6) is 0 Å². The number of hydrogen-bond donors (Lipinski definition) is 0. The molecule has 14 heteroatoms. The van der Waals surface area contributed by atoms with E-state index in [2.05, 4.69) is 39.8 Å². The number of carbonyl (C=O) groups is 1. The lowest BCUT2D eigenvalue weighted by atomic mass is 10.1. The van der Waals surface area contributed by atoms with Crippen LogP contribution in [-0.4, -0.2) is 56.7 Å². The van der Waals surface area contributed by atoms with Crippen LogP contribution in [0.4, 0.5) is 19.4 Å². The summed E-state index contributed by atoms with van der Waals surface area (Å²) in [5.41, 5.74) is 2.32. The molecule has 1 amide bonds. The number of halogens is 3. The monoisotopic (exact) mass is 623 g/mol. The number of anilines is 1. The number of rotatable bonds is 9. The summed E-state index contributed by atoms with van der Waals surface area (Å²) in [6.07, 6.45) is 4.14. The molecule has 3 aromatic heterocycles. The zero-order chi connectivity index (χ0) is 30.3. The van der Waals surface area contributed by atoms with Crippen LogP contribution in [0.25, 0.3) is 28.2 Å². The van der Waals surface area contributed by atoms with Gasteiger partial charge in [0.2, 0.25) is 0 Å². The van der Waals surface area contributed by atoms with Gasteiger partial charge in [-0.1, -0.05) is 43.4 Å². The largest absolute Gasteiger partial charge is 0.447 e. The maximum atomic E-state index is 15.4. The summed E-state index contributed by atoms with van der Waals surface area (Å²) in [7, 11) is -1.20. The van der Waals surface area contributed by atoms with Crippen LogP contribution in [-0.2, 0) is 16.2 Å². The third kappa shape index (κ3) is 6.01. The molecule has 1 unspecified atom stereocenters. The van der Waals surface area contributed by atoms with Crippen LogP contribution in [0.1, 0.15) is 11.6 Å². The predicted molar refractivity (Wildman–Crippen MR) is 159 cm³/mol. The first-order valence-corrected chi connectivity index (χ1v) is 17.7. The molecule has 1 fully saturated rings. The van der Waals surface area contributed by atoms with Crippen LogP contribution in [0.15, 0.2) is 61.2 Å². The van der Waals surface area contributed by atoms with E-state index in [-0.39, 0.29) is 29.7 Å². The Morgan fingerprint density at radius 3 is 2.70 bits per heavy atom. The van der Waals surface area contributed by atoms with Crippen LogP contribution >= 0.6 is 11.6 Å². The second-order valence-corrected chi connectivity index (χ2v) is 17.4. The highest BCUT2D eigenvalue weighted by Gasteiger charge is 2.37. The van der Waals surface area contributed by atoms with Gasteiger partial charge in [-0.2, -0.15) is 5.10 Å². The van der Waals surface area contributed by atoms with Crippen molar-refractivity contribution in [2.24, 2.45) is 0 Å². The number of carbonyl (C=O) groups excluding carboxylic acids is 1. The Hall–Kier alpha value is -4.20. The number of ether oxygens (including phenoxy) is 2. The van der Waals surface area contributed by atoms with Crippen molar-refractivity contribution in [2.75, 3.05) is 18.1 Å². The fourth-order valence-corrected chi connectivity index (χ4v) is 5.66. The van der Waals surface area contributed by atoms with Gasteiger partial charge in [0, 0.05) is 26.4 Å². The zero-order valence-corrected chi connectivity index (χ0v) is 25.4. The molecule has 1 atom stereocenters.